The van der Waals surface area contributed by atoms with E-state index in [1.807, 2.05) is 109 Å². The van der Waals surface area contributed by atoms with Crippen LogP contribution in [0.5, 0.6) is 0 Å². The Labute approximate surface area is 407 Å². The first-order chi connectivity index (χ1) is 34.7. The van der Waals surface area contributed by atoms with Crippen LogP contribution in [0.1, 0.15) is 33.2 Å². The first-order valence-corrected chi connectivity index (χ1v) is 21.0. The fourth-order valence-corrected chi connectivity index (χ4v) is 7.63. The van der Waals surface area contributed by atoms with E-state index in [1.165, 1.54) is 42.7 Å². The monoisotopic (exact) mass is 1020 g/mol. The molecule has 312 valence electrons. The number of aromatic nitrogens is 3. The summed E-state index contributed by atoms with van der Waals surface area (Å²) in [5.41, 5.74) is 9.64. The van der Waals surface area contributed by atoms with Gasteiger partial charge in [0.25, 0.3) is 0 Å². The van der Waals surface area contributed by atoms with Gasteiger partial charge < -0.3 is 15.0 Å². The van der Waals surface area contributed by atoms with Crippen LogP contribution in [-0.2, 0) is 45.6 Å². The Balaban J connectivity index is 0.00000656. The number of nitrogens with zero attached hydrogens (tertiary/aromatic N) is 3. The van der Waals surface area contributed by atoms with E-state index in [9.17, 15) is 11.0 Å². The van der Waals surface area contributed by atoms with Gasteiger partial charge in [-0.25, -0.2) is 0 Å². The summed E-state index contributed by atoms with van der Waals surface area (Å²) in [6, 6.07) is 70.1. The fourth-order valence-electron chi connectivity index (χ4n) is 7.63. The third-order valence-electron chi connectivity index (χ3n) is 10.9. The van der Waals surface area contributed by atoms with Gasteiger partial charge in [0.05, 0.1) is 0 Å². The van der Waals surface area contributed by atoms with Gasteiger partial charge in [-0.15, -0.1) is 108 Å². The maximum Gasteiger partial charge on any atom is 3.00 e. The van der Waals surface area contributed by atoms with Crippen molar-refractivity contribution in [3.63, 3.8) is 0 Å². The summed E-state index contributed by atoms with van der Waals surface area (Å²) in [7, 11) is 0. The van der Waals surface area contributed by atoms with Gasteiger partial charge in [-0.3, -0.25) is 0 Å². The summed E-state index contributed by atoms with van der Waals surface area (Å²) < 4.78 is 76.5. The van der Waals surface area contributed by atoms with Crippen LogP contribution in [0.2, 0.25) is 0 Å². The van der Waals surface area contributed by atoms with Gasteiger partial charge in [0.15, 0.2) is 0 Å². The Morgan fingerprint density at radius 1 is 0.323 bits per heavy atom. The van der Waals surface area contributed by atoms with E-state index >= 15 is 0 Å². The molecule has 10 aromatic rings. The van der Waals surface area contributed by atoms with Crippen molar-refractivity contribution in [2.75, 3.05) is 0 Å². The molecule has 65 heavy (non-hydrogen) atoms. The average Bonchev–Trinajstić information content (AvgIpc) is 3.43. The molecule has 10 rings (SSSR count). The smallest absolute Gasteiger partial charge is 0.304 e. The molecule has 3 nitrogen and oxygen atoms in total. The van der Waals surface area contributed by atoms with Crippen molar-refractivity contribution in [2.24, 2.45) is 0 Å². The quantitative estimate of drug-likeness (QED) is 0.108. The Morgan fingerprint density at radius 3 is 1.31 bits per heavy atom. The van der Waals surface area contributed by atoms with Crippen LogP contribution in [0.4, 0.5) is 0 Å². The van der Waals surface area contributed by atoms with Crippen molar-refractivity contribution in [1.29, 1.82) is 0 Å². The van der Waals surface area contributed by atoms with E-state index in [0.29, 0.717) is 44.9 Å². The normalized spacial score (nSPS) is 13.6. The largest absolute Gasteiger partial charge is 3.00 e. The van der Waals surface area contributed by atoms with Crippen molar-refractivity contribution in [3.8, 4) is 78.3 Å². The molecule has 7 aromatic carbocycles. The van der Waals surface area contributed by atoms with Crippen molar-refractivity contribution in [3.05, 3.63) is 259 Å². The molecule has 0 bridgehead atoms. The van der Waals surface area contributed by atoms with Crippen LogP contribution in [-0.4, -0.2) is 15.0 Å². The molecule has 0 fully saturated rings. The van der Waals surface area contributed by atoms with Crippen LogP contribution >= 0.6 is 0 Å². The van der Waals surface area contributed by atoms with Gasteiger partial charge in [-0.1, -0.05) is 127 Å². The van der Waals surface area contributed by atoms with E-state index in [2.05, 4.69) is 64.6 Å². The maximum absolute atomic E-state index is 9.68. The molecule has 3 aromatic heterocycles. The van der Waals surface area contributed by atoms with Crippen molar-refractivity contribution < 1.29 is 31.1 Å². The minimum Gasteiger partial charge on any atom is -0.304 e. The van der Waals surface area contributed by atoms with E-state index in [0.717, 1.165) is 33.4 Å². The topological polar surface area (TPSA) is 38.7 Å². The molecule has 0 aliphatic rings. The summed E-state index contributed by atoms with van der Waals surface area (Å²) >= 11 is 0. The first-order valence-electron chi connectivity index (χ1n) is 25.0. The van der Waals surface area contributed by atoms with Crippen LogP contribution in [0.25, 0.3) is 78.3 Å². The Kier molecular flexibility index (Phi) is 10.7. The van der Waals surface area contributed by atoms with E-state index in [1.54, 1.807) is 30.5 Å². The van der Waals surface area contributed by atoms with E-state index in [4.69, 9.17) is 4.98 Å². The van der Waals surface area contributed by atoms with Gasteiger partial charge in [0, 0.05) is 35.1 Å². The van der Waals surface area contributed by atoms with E-state index < -0.39 is 25.5 Å². The minimum absolute atomic E-state index is 0. The van der Waals surface area contributed by atoms with Gasteiger partial charge in [-0.2, -0.15) is 0 Å². The average molecular weight is 1020 g/mol. The van der Waals surface area contributed by atoms with Crippen molar-refractivity contribution in [1.82, 2.24) is 15.0 Å². The predicted molar refractivity (Wildman–Crippen MR) is 262 cm³/mol. The molecular formula is C61H44IrN3. The second kappa shape index (κ2) is 20.4. The number of benzene rings is 7. The molecule has 0 aliphatic heterocycles. The molecular weight excluding hydrogens is 967 g/mol. The molecule has 0 unspecified atom stereocenters. The zero-order chi connectivity index (χ0) is 50.1. The Bertz CT molecular complexity index is 3360. The SMILES string of the molecule is [2H]C([2H])(c1ccc(-c2[c-]cccc2)nc1)C([2H])([2H])c1cc(-c2ccccc2-c2cnc(-c3[c-]cccc3)cc2-c2ccc(-c3ccccc3)cc2)cc(C([2H])([2H])C([2H])([2H])c2ccc(-c3[c-]cccc3)nc2)c1.[Ir+3]. The summed E-state index contributed by atoms with van der Waals surface area (Å²) in [6.07, 6.45) is -6.67. The molecule has 0 saturated carbocycles. The van der Waals surface area contributed by atoms with Crippen molar-refractivity contribution >= 4 is 0 Å². The molecule has 0 spiro atoms. The van der Waals surface area contributed by atoms with Crippen LogP contribution < -0.4 is 0 Å². The molecule has 0 aliphatic carbocycles. The zero-order valence-electron chi connectivity index (χ0n) is 43.0. The summed E-state index contributed by atoms with van der Waals surface area (Å²) in [6.45, 7) is 0. The van der Waals surface area contributed by atoms with Crippen LogP contribution in [0.3, 0.4) is 0 Å². The second-order valence-corrected chi connectivity index (χ2v) is 15.1. The molecule has 0 radical (unpaired) electrons. The predicted octanol–water partition coefficient (Wildman–Crippen LogP) is 14.5. The van der Waals surface area contributed by atoms with E-state index in [-0.39, 0.29) is 42.4 Å². The number of rotatable bonds is 13. The Hall–Kier alpha value is -7.36. The standard InChI is InChI=1S/C61H44N3.Ir/c1-5-15-48(16-6-1)49-31-33-50(34-32-49)57-40-61(53-21-11-4-12-22-53)64-43-58(57)56-24-14-13-23-55(56)54-38-46(27-25-44-29-35-59(62-41-44)51-17-7-2-8-18-51)37-47(39-54)28-26-45-30-36-60(63-42-45)52-19-9-3-10-20-52;/h1-17,19,21,23-24,29-43H,25-28H2;/q-3;+3/i25D2,26D2,27D2,28D2;. The maximum atomic E-state index is 9.68. The van der Waals surface area contributed by atoms with Gasteiger partial charge in [0.1, 0.15) is 0 Å². The zero-order valence-corrected chi connectivity index (χ0v) is 37.4. The van der Waals surface area contributed by atoms with Gasteiger partial charge in [-0.05, 0) is 104 Å². The number of aryl methyl sites for hydroxylation is 4. The molecule has 0 saturated heterocycles. The molecule has 0 N–H and O–H groups in total. The van der Waals surface area contributed by atoms with Crippen LogP contribution in [0, 0.1) is 18.2 Å². The second-order valence-electron chi connectivity index (χ2n) is 15.1. The minimum atomic E-state index is -2.83. The summed E-state index contributed by atoms with van der Waals surface area (Å²) in [4.78, 5) is 13.9. The molecule has 0 atom stereocenters. The first kappa shape index (κ1) is 34.1. The molecule has 0 amide bonds. The fraction of sp³-hybridized carbons (Fsp3) is 0.0656. The Morgan fingerprint density at radius 2 is 0.785 bits per heavy atom. The van der Waals surface area contributed by atoms with Crippen molar-refractivity contribution in [2.45, 2.75) is 25.5 Å². The summed E-state index contributed by atoms with van der Waals surface area (Å²) in [5.74, 6) is 0. The number of hydrogen-bond acceptors (Lipinski definition) is 3. The number of pyridine rings is 3. The van der Waals surface area contributed by atoms with Crippen LogP contribution in [0.15, 0.2) is 219 Å². The molecule has 4 heteroatoms. The van der Waals surface area contributed by atoms with Gasteiger partial charge >= 0.3 is 20.1 Å². The summed E-state index contributed by atoms with van der Waals surface area (Å²) in [5, 5.41) is 0. The third-order valence-corrected chi connectivity index (χ3v) is 10.9. The number of hydrogen-bond donors (Lipinski definition) is 0. The van der Waals surface area contributed by atoms with Gasteiger partial charge in [0.2, 0.25) is 0 Å². The third kappa shape index (κ3) is 10.2. The molecule has 3 heterocycles.